The van der Waals surface area contributed by atoms with Crippen LogP contribution < -0.4 is 0 Å². The number of phenolic OH excluding ortho intramolecular Hbond substituents is 1. The minimum Gasteiger partial charge on any atom is -0.508 e. The van der Waals surface area contributed by atoms with Crippen LogP contribution in [0.2, 0.25) is 0 Å². The lowest BCUT2D eigenvalue weighted by atomic mass is 10.1. The summed E-state index contributed by atoms with van der Waals surface area (Å²) >= 11 is 0. The molecule has 0 aromatic heterocycles. The molecule has 2 fully saturated rings. The van der Waals surface area contributed by atoms with Crippen LogP contribution in [0.1, 0.15) is 30.6 Å². The summed E-state index contributed by atoms with van der Waals surface area (Å²) < 4.78 is 0. The van der Waals surface area contributed by atoms with Gasteiger partial charge in [0.05, 0.1) is 5.92 Å². The Kier molecular flexibility index (Phi) is 5.15. The van der Waals surface area contributed by atoms with Gasteiger partial charge in [-0.05, 0) is 32.0 Å². The highest BCUT2D eigenvalue weighted by Gasteiger charge is 2.38. The van der Waals surface area contributed by atoms with Crippen molar-refractivity contribution in [3.8, 4) is 5.75 Å². The Morgan fingerprint density at radius 1 is 1.12 bits per heavy atom. The largest absolute Gasteiger partial charge is 0.508 e. The topological polar surface area (TPSA) is 81.2 Å². The van der Waals surface area contributed by atoms with Crippen molar-refractivity contribution in [2.45, 2.75) is 26.3 Å². The number of likely N-dealkylation sites (tertiary alicyclic amines) is 1. The van der Waals surface area contributed by atoms with Gasteiger partial charge in [-0.25, -0.2) is 0 Å². The highest BCUT2D eigenvalue weighted by molar-refractivity contribution is 5.95. The second kappa shape index (κ2) is 7.35. The van der Waals surface area contributed by atoms with Crippen molar-refractivity contribution in [1.29, 1.82) is 0 Å². The van der Waals surface area contributed by atoms with Crippen molar-refractivity contribution >= 4 is 17.7 Å². The molecular formula is C19H25N3O4. The molecule has 1 unspecified atom stereocenters. The Bertz CT molecular complexity index is 710. The number of rotatable bonds is 3. The van der Waals surface area contributed by atoms with Gasteiger partial charge in [-0.3, -0.25) is 14.4 Å². The first kappa shape index (κ1) is 18.2. The molecule has 0 radical (unpaired) electrons. The molecule has 2 heterocycles. The standard InChI is InChI=1S/C19H25N3O4/c1-13(2)22-12-15(11-17(22)24)19(26)21-8-6-20(7-9-21)18(25)14-4-3-5-16(23)10-14/h3-5,10,13,15,23H,6-9,11-12H2,1-2H3. The van der Waals surface area contributed by atoms with E-state index < -0.39 is 0 Å². The van der Waals surface area contributed by atoms with Gasteiger partial charge >= 0.3 is 0 Å². The fourth-order valence-corrected chi connectivity index (χ4v) is 3.61. The van der Waals surface area contributed by atoms with Gasteiger partial charge in [0.25, 0.3) is 5.91 Å². The molecule has 3 rings (SSSR count). The second-order valence-corrected chi connectivity index (χ2v) is 7.21. The van der Waals surface area contributed by atoms with Crippen LogP contribution in [0.15, 0.2) is 24.3 Å². The van der Waals surface area contributed by atoms with Gasteiger partial charge in [0.1, 0.15) is 5.75 Å². The molecule has 1 aromatic carbocycles. The quantitative estimate of drug-likeness (QED) is 0.871. The van der Waals surface area contributed by atoms with Gasteiger partial charge < -0.3 is 19.8 Å². The van der Waals surface area contributed by atoms with Crippen LogP contribution in [-0.4, -0.2) is 76.3 Å². The molecule has 2 aliphatic heterocycles. The summed E-state index contributed by atoms with van der Waals surface area (Å²) in [5.41, 5.74) is 0.443. The molecule has 0 aliphatic carbocycles. The highest BCUT2D eigenvalue weighted by Crippen LogP contribution is 2.23. The zero-order valence-corrected chi connectivity index (χ0v) is 15.2. The summed E-state index contributed by atoms with van der Waals surface area (Å²) in [6.45, 7) is 6.24. The third-order valence-electron chi connectivity index (χ3n) is 5.10. The number of piperazine rings is 1. The maximum absolute atomic E-state index is 12.7. The molecule has 7 nitrogen and oxygen atoms in total. The van der Waals surface area contributed by atoms with Gasteiger partial charge in [-0.2, -0.15) is 0 Å². The van der Waals surface area contributed by atoms with Crippen molar-refractivity contribution in [2.24, 2.45) is 5.92 Å². The van der Waals surface area contributed by atoms with Crippen LogP contribution in [0, 0.1) is 5.92 Å². The smallest absolute Gasteiger partial charge is 0.254 e. The molecule has 26 heavy (non-hydrogen) atoms. The fraction of sp³-hybridized carbons (Fsp3) is 0.526. The molecule has 0 saturated carbocycles. The van der Waals surface area contributed by atoms with Crippen molar-refractivity contribution < 1.29 is 19.5 Å². The van der Waals surface area contributed by atoms with E-state index in [1.54, 1.807) is 26.8 Å². The van der Waals surface area contributed by atoms with Crippen LogP contribution in [0.25, 0.3) is 0 Å². The average Bonchev–Trinajstić information content (AvgIpc) is 3.02. The highest BCUT2D eigenvalue weighted by atomic mass is 16.3. The number of nitrogens with zero attached hydrogens (tertiary/aromatic N) is 3. The van der Waals surface area contributed by atoms with Gasteiger partial charge in [0, 0.05) is 50.7 Å². The Hall–Kier alpha value is -2.57. The molecular weight excluding hydrogens is 334 g/mol. The van der Waals surface area contributed by atoms with E-state index in [-0.39, 0.29) is 41.9 Å². The number of benzene rings is 1. The van der Waals surface area contributed by atoms with Crippen LogP contribution in [0.4, 0.5) is 0 Å². The third-order valence-corrected chi connectivity index (χ3v) is 5.10. The minimum absolute atomic E-state index is 0.00551. The molecule has 2 aliphatic rings. The molecule has 1 N–H and O–H groups in total. The SMILES string of the molecule is CC(C)N1CC(C(=O)N2CCN(C(=O)c3cccc(O)c3)CC2)CC1=O. The number of hydrogen-bond donors (Lipinski definition) is 1. The molecule has 0 bridgehead atoms. The van der Waals surface area contributed by atoms with E-state index in [1.165, 1.54) is 12.1 Å². The summed E-state index contributed by atoms with van der Waals surface area (Å²) in [7, 11) is 0. The first-order valence-electron chi connectivity index (χ1n) is 9.03. The predicted octanol–water partition coefficient (Wildman–Crippen LogP) is 0.933. The lowest BCUT2D eigenvalue weighted by molar-refractivity contribution is -0.137. The number of hydrogen-bond acceptors (Lipinski definition) is 4. The number of aromatic hydroxyl groups is 1. The normalized spacial score (nSPS) is 20.8. The average molecular weight is 359 g/mol. The number of carbonyl (C=O) groups excluding carboxylic acids is 3. The van der Waals surface area contributed by atoms with Gasteiger partial charge in [0.2, 0.25) is 11.8 Å². The summed E-state index contributed by atoms with van der Waals surface area (Å²) in [5, 5.41) is 9.52. The van der Waals surface area contributed by atoms with Gasteiger partial charge in [-0.1, -0.05) is 6.07 Å². The first-order chi connectivity index (χ1) is 12.4. The van der Waals surface area contributed by atoms with Crippen molar-refractivity contribution in [1.82, 2.24) is 14.7 Å². The van der Waals surface area contributed by atoms with E-state index >= 15 is 0 Å². The molecule has 2 saturated heterocycles. The molecule has 3 amide bonds. The molecule has 7 heteroatoms. The Labute approximate surface area is 153 Å². The zero-order valence-electron chi connectivity index (χ0n) is 15.2. The van der Waals surface area contributed by atoms with E-state index in [4.69, 9.17) is 0 Å². The van der Waals surface area contributed by atoms with Gasteiger partial charge in [0.15, 0.2) is 0 Å². The summed E-state index contributed by atoms with van der Waals surface area (Å²) in [6, 6.07) is 6.39. The zero-order chi connectivity index (χ0) is 18.8. The lowest BCUT2D eigenvalue weighted by Crippen LogP contribution is -2.52. The minimum atomic E-state index is -0.279. The maximum Gasteiger partial charge on any atom is 0.254 e. The maximum atomic E-state index is 12.7. The number of phenols is 1. The van der Waals surface area contributed by atoms with E-state index in [0.717, 1.165) is 0 Å². The molecule has 140 valence electrons. The van der Waals surface area contributed by atoms with Crippen LogP contribution in [0.5, 0.6) is 5.75 Å². The second-order valence-electron chi connectivity index (χ2n) is 7.21. The van der Waals surface area contributed by atoms with Crippen LogP contribution in [-0.2, 0) is 9.59 Å². The van der Waals surface area contributed by atoms with Crippen molar-refractivity contribution in [3.05, 3.63) is 29.8 Å². The van der Waals surface area contributed by atoms with Crippen LogP contribution >= 0.6 is 0 Å². The van der Waals surface area contributed by atoms with Crippen molar-refractivity contribution in [2.75, 3.05) is 32.7 Å². The number of amides is 3. The third kappa shape index (κ3) is 3.66. The summed E-state index contributed by atoms with van der Waals surface area (Å²) in [6.07, 6.45) is 0.277. The summed E-state index contributed by atoms with van der Waals surface area (Å²) in [4.78, 5) is 42.4. The Balaban J connectivity index is 1.56. The van der Waals surface area contributed by atoms with E-state index in [1.807, 2.05) is 13.8 Å². The first-order valence-corrected chi connectivity index (χ1v) is 9.03. The lowest BCUT2D eigenvalue weighted by Gasteiger charge is -2.36. The molecule has 1 atom stereocenters. The molecule has 0 spiro atoms. The van der Waals surface area contributed by atoms with E-state index in [0.29, 0.717) is 38.3 Å². The van der Waals surface area contributed by atoms with Gasteiger partial charge in [-0.15, -0.1) is 0 Å². The fourth-order valence-electron chi connectivity index (χ4n) is 3.61. The van der Waals surface area contributed by atoms with Crippen LogP contribution in [0.3, 0.4) is 0 Å². The van der Waals surface area contributed by atoms with E-state index in [9.17, 15) is 19.5 Å². The van der Waals surface area contributed by atoms with Crippen molar-refractivity contribution in [3.63, 3.8) is 0 Å². The molecule has 1 aromatic rings. The predicted molar refractivity (Wildman–Crippen MR) is 95.5 cm³/mol. The Morgan fingerprint density at radius 3 is 2.35 bits per heavy atom. The number of carbonyl (C=O) groups is 3. The summed E-state index contributed by atoms with van der Waals surface area (Å²) in [5.74, 6) is -0.319. The Morgan fingerprint density at radius 2 is 1.77 bits per heavy atom. The van der Waals surface area contributed by atoms with E-state index in [2.05, 4.69) is 0 Å². The monoisotopic (exact) mass is 359 g/mol.